The van der Waals surface area contributed by atoms with Crippen LogP contribution in [0.5, 0.6) is 5.75 Å². The highest BCUT2D eigenvalue weighted by molar-refractivity contribution is 5.43. The first kappa shape index (κ1) is 10.4. The Morgan fingerprint density at radius 1 is 1.06 bits per heavy atom. The van der Waals surface area contributed by atoms with Crippen LogP contribution in [0.2, 0.25) is 0 Å². The normalized spacial score (nSPS) is 18.7. The minimum Gasteiger partial charge on any atom is -0.508 e. The Labute approximate surface area is 101 Å². The van der Waals surface area contributed by atoms with Crippen LogP contribution in [0.3, 0.4) is 0 Å². The van der Waals surface area contributed by atoms with E-state index in [0.717, 1.165) is 13.0 Å². The van der Waals surface area contributed by atoms with Crippen LogP contribution < -0.4 is 5.32 Å². The van der Waals surface area contributed by atoms with Gasteiger partial charge >= 0.3 is 0 Å². The molecule has 1 unspecified atom stereocenters. The number of rotatable bonds is 1. The van der Waals surface area contributed by atoms with Gasteiger partial charge in [-0.25, -0.2) is 0 Å². The summed E-state index contributed by atoms with van der Waals surface area (Å²) in [5.41, 5.74) is 3.80. The van der Waals surface area contributed by atoms with Crippen molar-refractivity contribution in [1.29, 1.82) is 0 Å². The van der Waals surface area contributed by atoms with E-state index in [9.17, 15) is 5.11 Å². The highest BCUT2D eigenvalue weighted by Crippen LogP contribution is 2.30. The molecule has 1 heterocycles. The van der Waals surface area contributed by atoms with Gasteiger partial charge in [-0.1, -0.05) is 36.4 Å². The van der Waals surface area contributed by atoms with Gasteiger partial charge in [-0.15, -0.1) is 0 Å². The van der Waals surface area contributed by atoms with Crippen molar-refractivity contribution in [3.05, 3.63) is 65.2 Å². The van der Waals surface area contributed by atoms with E-state index < -0.39 is 0 Å². The summed E-state index contributed by atoms with van der Waals surface area (Å²) in [7, 11) is 0. The monoisotopic (exact) mass is 225 g/mol. The van der Waals surface area contributed by atoms with Gasteiger partial charge < -0.3 is 10.4 Å². The van der Waals surface area contributed by atoms with E-state index in [4.69, 9.17) is 0 Å². The molecule has 0 spiro atoms. The third-order valence-electron chi connectivity index (χ3n) is 3.31. The summed E-state index contributed by atoms with van der Waals surface area (Å²) >= 11 is 0. The standard InChI is InChI=1S/C15H15NO/c17-13-6-7-14-12(10-13)8-9-16-15(14)11-4-2-1-3-5-11/h1-7,10,15-17H,8-9H2. The Kier molecular flexibility index (Phi) is 2.57. The van der Waals surface area contributed by atoms with Crippen molar-refractivity contribution in [3.63, 3.8) is 0 Å². The van der Waals surface area contributed by atoms with Gasteiger partial charge in [0.1, 0.15) is 5.75 Å². The Balaban J connectivity index is 2.06. The summed E-state index contributed by atoms with van der Waals surface area (Å²) in [5.74, 6) is 0.359. The molecule has 86 valence electrons. The molecule has 0 saturated heterocycles. The minimum absolute atomic E-state index is 0.251. The first-order chi connectivity index (χ1) is 8.34. The first-order valence-corrected chi connectivity index (χ1v) is 5.95. The average molecular weight is 225 g/mol. The van der Waals surface area contributed by atoms with Crippen molar-refractivity contribution in [2.45, 2.75) is 12.5 Å². The molecule has 0 aliphatic carbocycles. The maximum atomic E-state index is 9.52. The van der Waals surface area contributed by atoms with Gasteiger partial charge in [0.05, 0.1) is 6.04 Å². The van der Waals surface area contributed by atoms with Crippen molar-refractivity contribution in [1.82, 2.24) is 5.32 Å². The zero-order valence-corrected chi connectivity index (χ0v) is 9.56. The van der Waals surface area contributed by atoms with Crippen molar-refractivity contribution in [2.24, 2.45) is 0 Å². The van der Waals surface area contributed by atoms with Gasteiger partial charge in [0, 0.05) is 6.54 Å². The number of phenolic OH excluding ortho intramolecular Hbond substituents is 1. The molecule has 1 atom stereocenters. The lowest BCUT2D eigenvalue weighted by molar-refractivity contribution is 0.471. The molecule has 0 saturated carbocycles. The number of hydrogen-bond acceptors (Lipinski definition) is 2. The maximum absolute atomic E-state index is 9.52. The van der Waals surface area contributed by atoms with E-state index in [1.807, 2.05) is 18.2 Å². The van der Waals surface area contributed by atoms with Gasteiger partial charge in [0.25, 0.3) is 0 Å². The van der Waals surface area contributed by atoms with Gasteiger partial charge in [0.15, 0.2) is 0 Å². The van der Waals surface area contributed by atoms with Crippen LogP contribution in [-0.2, 0) is 6.42 Å². The predicted molar refractivity (Wildman–Crippen MR) is 68.1 cm³/mol. The molecule has 17 heavy (non-hydrogen) atoms. The number of hydrogen-bond donors (Lipinski definition) is 2. The number of fused-ring (bicyclic) bond motifs is 1. The number of nitrogens with one attached hydrogen (secondary N) is 1. The molecule has 2 nitrogen and oxygen atoms in total. The van der Waals surface area contributed by atoms with Crippen LogP contribution in [0.25, 0.3) is 0 Å². The van der Waals surface area contributed by atoms with Gasteiger partial charge in [-0.3, -0.25) is 0 Å². The van der Waals surface area contributed by atoms with E-state index in [0.29, 0.717) is 5.75 Å². The fourth-order valence-corrected chi connectivity index (χ4v) is 2.49. The molecule has 0 bridgehead atoms. The molecule has 2 aromatic rings. The van der Waals surface area contributed by atoms with Crippen LogP contribution in [0.1, 0.15) is 22.7 Å². The van der Waals surface area contributed by atoms with Gasteiger partial charge in [0.2, 0.25) is 0 Å². The summed E-state index contributed by atoms with van der Waals surface area (Å²) in [6, 6.07) is 16.4. The van der Waals surface area contributed by atoms with Crippen LogP contribution in [0.4, 0.5) is 0 Å². The Hall–Kier alpha value is -1.80. The molecule has 0 amide bonds. The van der Waals surface area contributed by atoms with Crippen molar-refractivity contribution < 1.29 is 5.11 Å². The van der Waals surface area contributed by atoms with Crippen molar-refractivity contribution in [2.75, 3.05) is 6.54 Å². The second kappa shape index (κ2) is 4.22. The molecule has 1 aliphatic heterocycles. The summed E-state index contributed by atoms with van der Waals surface area (Å²) in [6.07, 6.45) is 0.979. The molecule has 2 heteroatoms. The second-order valence-corrected chi connectivity index (χ2v) is 4.43. The molecule has 0 fully saturated rings. The Morgan fingerprint density at radius 3 is 2.71 bits per heavy atom. The van der Waals surface area contributed by atoms with E-state index in [1.165, 1.54) is 16.7 Å². The second-order valence-electron chi connectivity index (χ2n) is 4.43. The van der Waals surface area contributed by atoms with Crippen LogP contribution in [0, 0.1) is 0 Å². The zero-order chi connectivity index (χ0) is 11.7. The molecule has 0 radical (unpaired) electrons. The lowest BCUT2D eigenvalue weighted by Gasteiger charge is -2.27. The SMILES string of the molecule is Oc1ccc2c(c1)CCNC2c1ccccc1. The number of phenols is 1. The van der Waals surface area contributed by atoms with Crippen LogP contribution in [-0.4, -0.2) is 11.7 Å². The van der Waals surface area contributed by atoms with E-state index in [-0.39, 0.29) is 6.04 Å². The minimum atomic E-state index is 0.251. The zero-order valence-electron chi connectivity index (χ0n) is 9.56. The van der Waals surface area contributed by atoms with Crippen molar-refractivity contribution >= 4 is 0 Å². The highest BCUT2D eigenvalue weighted by Gasteiger charge is 2.20. The molecule has 0 aromatic heterocycles. The summed E-state index contributed by atoms with van der Waals surface area (Å²) in [4.78, 5) is 0. The average Bonchev–Trinajstić information content (AvgIpc) is 2.39. The highest BCUT2D eigenvalue weighted by atomic mass is 16.3. The summed E-state index contributed by atoms with van der Waals surface area (Å²) in [5, 5.41) is 13.1. The molecule has 2 aromatic carbocycles. The van der Waals surface area contributed by atoms with Gasteiger partial charge in [-0.05, 0) is 35.2 Å². The van der Waals surface area contributed by atoms with Crippen LogP contribution in [0.15, 0.2) is 48.5 Å². The first-order valence-electron chi connectivity index (χ1n) is 5.95. The third-order valence-corrected chi connectivity index (χ3v) is 3.31. The fraction of sp³-hybridized carbons (Fsp3) is 0.200. The van der Waals surface area contributed by atoms with Crippen LogP contribution >= 0.6 is 0 Å². The fourth-order valence-electron chi connectivity index (χ4n) is 2.49. The quantitative estimate of drug-likeness (QED) is 0.782. The van der Waals surface area contributed by atoms with E-state index >= 15 is 0 Å². The lowest BCUT2D eigenvalue weighted by atomic mass is 9.90. The molecular weight excluding hydrogens is 210 g/mol. The smallest absolute Gasteiger partial charge is 0.115 e. The summed E-state index contributed by atoms with van der Waals surface area (Å²) < 4.78 is 0. The number of benzene rings is 2. The Bertz CT molecular complexity index is 522. The molecule has 2 N–H and O–H groups in total. The largest absolute Gasteiger partial charge is 0.508 e. The number of aromatic hydroxyl groups is 1. The molecular formula is C15H15NO. The van der Waals surface area contributed by atoms with E-state index in [2.05, 4.69) is 29.6 Å². The predicted octanol–water partition coefficient (Wildman–Crippen LogP) is 2.63. The summed E-state index contributed by atoms with van der Waals surface area (Å²) in [6.45, 7) is 0.954. The van der Waals surface area contributed by atoms with Crippen molar-refractivity contribution in [3.8, 4) is 5.75 Å². The third kappa shape index (κ3) is 1.92. The van der Waals surface area contributed by atoms with Gasteiger partial charge in [-0.2, -0.15) is 0 Å². The maximum Gasteiger partial charge on any atom is 0.115 e. The topological polar surface area (TPSA) is 32.3 Å². The molecule has 1 aliphatic rings. The Morgan fingerprint density at radius 2 is 1.88 bits per heavy atom. The lowest BCUT2D eigenvalue weighted by Crippen LogP contribution is -2.30. The molecule has 3 rings (SSSR count). The van der Waals surface area contributed by atoms with E-state index in [1.54, 1.807) is 6.07 Å².